The molecule has 1 aliphatic heterocycles. The molecule has 0 saturated heterocycles. The predicted octanol–water partition coefficient (Wildman–Crippen LogP) is 3.04. The molecule has 20 heavy (non-hydrogen) atoms. The summed E-state index contributed by atoms with van der Waals surface area (Å²) >= 11 is 1.55. The Balaban J connectivity index is 1.79. The number of aromatic nitrogens is 1. The van der Waals surface area contributed by atoms with Crippen LogP contribution < -0.4 is 4.90 Å². The monoisotopic (exact) mass is 284 g/mol. The molecule has 2 aliphatic rings. The molecule has 1 aliphatic carbocycles. The number of benzene rings is 1. The lowest BCUT2D eigenvalue weighted by atomic mass is 9.93. The first-order valence-electron chi connectivity index (χ1n) is 6.70. The van der Waals surface area contributed by atoms with Crippen molar-refractivity contribution in [2.75, 3.05) is 4.90 Å². The van der Waals surface area contributed by atoms with Crippen molar-refractivity contribution in [1.82, 2.24) is 4.98 Å². The zero-order valence-corrected chi connectivity index (χ0v) is 11.6. The van der Waals surface area contributed by atoms with E-state index in [-0.39, 0.29) is 11.8 Å². The minimum absolute atomic E-state index is 0.140. The molecule has 0 atom stereocenters. The number of fused-ring (bicyclic) bond motifs is 1. The van der Waals surface area contributed by atoms with Crippen LogP contribution in [0.2, 0.25) is 0 Å². The lowest BCUT2D eigenvalue weighted by Crippen LogP contribution is -2.31. The summed E-state index contributed by atoms with van der Waals surface area (Å²) in [5.41, 5.74) is 4.68. The van der Waals surface area contributed by atoms with Crippen molar-refractivity contribution >= 4 is 39.1 Å². The van der Waals surface area contributed by atoms with Gasteiger partial charge in [0.2, 0.25) is 0 Å². The van der Waals surface area contributed by atoms with Crippen LogP contribution in [-0.2, 0) is 9.59 Å². The van der Waals surface area contributed by atoms with Gasteiger partial charge in [0.25, 0.3) is 11.8 Å². The molecular formula is C15H12N2O2S. The Morgan fingerprint density at radius 3 is 2.45 bits per heavy atom. The number of imide groups is 1. The van der Waals surface area contributed by atoms with Gasteiger partial charge in [-0.15, -0.1) is 11.3 Å². The lowest BCUT2D eigenvalue weighted by Gasteiger charge is -2.14. The molecule has 1 aromatic carbocycles. The molecule has 0 N–H and O–H groups in total. The second-order valence-electron chi connectivity index (χ2n) is 5.11. The van der Waals surface area contributed by atoms with Crippen LogP contribution in [0.5, 0.6) is 0 Å². The minimum atomic E-state index is -0.140. The molecule has 0 radical (unpaired) electrons. The fourth-order valence-electron chi connectivity index (χ4n) is 2.96. The van der Waals surface area contributed by atoms with Gasteiger partial charge >= 0.3 is 0 Å². The van der Waals surface area contributed by atoms with Crippen LogP contribution in [0.3, 0.4) is 0 Å². The fourth-order valence-corrected chi connectivity index (χ4v) is 3.62. The van der Waals surface area contributed by atoms with Gasteiger partial charge in [-0.2, -0.15) is 0 Å². The van der Waals surface area contributed by atoms with E-state index in [1.54, 1.807) is 16.8 Å². The van der Waals surface area contributed by atoms with Crippen LogP contribution >= 0.6 is 11.3 Å². The smallest absolute Gasteiger partial charge is 0.261 e. The summed E-state index contributed by atoms with van der Waals surface area (Å²) in [6.07, 6.45) is 3.46. The zero-order valence-electron chi connectivity index (χ0n) is 10.8. The Bertz CT molecular complexity index is 747. The normalized spacial score (nSPS) is 19.1. The predicted molar refractivity (Wildman–Crippen MR) is 77.6 cm³/mol. The van der Waals surface area contributed by atoms with Crippen molar-refractivity contribution in [2.45, 2.75) is 25.7 Å². The van der Waals surface area contributed by atoms with E-state index in [4.69, 9.17) is 0 Å². The van der Waals surface area contributed by atoms with E-state index in [0.717, 1.165) is 47.0 Å². The molecule has 0 unspecified atom stereocenters. The maximum atomic E-state index is 12.5. The highest BCUT2D eigenvalue weighted by atomic mass is 32.1. The van der Waals surface area contributed by atoms with Gasteiger partial charge in [-0.1, -0.05) is 0 Å². The van der Waals surface area contributed by atoms with Gasteiger partial charge in [-0.25, -0.2) is 9.88 Å². The number of thiazole rings is 1. The fraction of sp³-hybridized carbons (Fsp3) is 0.267. The highest BCUT2D eigenvalue weighted by Gasteiger charge is 2.39. The average Bonchev–Trinajstić information content (AvgIpc) is 3.03. The zero-order chi connectivity index (χ0) is 13.7. The number of rotatable bonds is 1. The van der Waals surface area contributed by atoms with Crippen LogP contribution in [0.1, 0.15) is 25.7 Å². The third-order valence-corrected chi connectivity index (χ3v) is 4.77. The summed E-state index contributed by atoms with van der Waals surface area (Å²) in [6.45, 7) is 0. The van der Waals surface area contributed by atoms with Crippen molar-refractivity contribution in [1.29, 1.82) is 0 Å². The number of carbonyl (C=O) groups excluding carboxylic acids is 2. The molecule has 2 heterocycles. The van der Waals surface area contributed by atoms with Gasteiger partial charge in [-0.3, -0.25) is 9.59 Å². The number of hydrogen-bond donors (Lipinski definition) is 0. The van der Waals surface area contributed by atoms with Gasteiger partial charge in [0.15, 0.2) is 0 Å². The number of anilines is 1. The number of amides is 2. The second-order valence-corrected chi connectivity index (χ2v) is 6.00. The van der Waals surface area contributed by atoms with Crippen LogP contribution in [0, 0.1) is 0 Å². The highest BCUT2D eigenvalue weighted by molar-refractivity contribution is 7.16. The topological polar surface area (TPSA) is 50.3 Å². The standard InChI is InChI=1S/C15H12N2O2S/c18-14-10-3-1-2-4-11(10)15(19)17(14)9-5-6-13-12(7-9)16-8-20-13/h5-8H,1-4H2. The maximum absolute atomic E-state index is 12.5. The summed E-state index contributed by atoms with van der Waals surface area (Å²) in [5.74, 6) is -0.279. The number of hydrogen-bond acceptors (Lipinski definition) is 4. The molecular weight excluding hydrogens is 272 g/mol. The molecule has 1 aromatic heterocycles. The quantitative estimate of drug-likeness (QED) is 0.756. The lowest BCUT2D eigenvalue weighted by molar-refractivity contribution is -0.120. The molecule has 100 valence electrons. The SMILES string of the molecule is O=C1C2=C(CCCC2)C(=O)N1c1ccc2scnc2c1. The van der Waals surface area contributed by atoms with Crippen LogP contribution in [-0.4, -0.2) is 16.8 Å². The van der Waals surface area contributed by atoms with Gasteiger partial charge in [0, 0.05) is 11.1 Å². The maximum Gasteiger partial charge on any atom is 0.261 e. The van der Waals surface area contributed by atoms with Gasteiger partial charge in [0.1, 0.15) is 0 Å². The molecule has 0 saturated carbocycles. The molecule has 2 amide bonds. The van der Waals surface area contributed by atoms with Crippen molar-refractivity contribution in [3.8, 4) is 0 Å². The Hall–Kier alpha value is -2.01. The summed E-state index contributed by atoms with van der Waals surface area (Å²) in [6, 6.07) is 5.56. The van der Waals surface area contributed by atoms with E-state index in [0.29, 0.717) is 5.69 Å². The molecule has 0 spiro atoms. The van der Waals surface area contributed by atoms with Crippen LogP contribution in [0.25, 0.3) is 10.2 Å². The van der Waals surface area contributed by atoms with E-state index < -0.39 is 0 Å². The molecule has 0 fully saturated rings. The van der Waals surface area contributed by atoms with E-state index in [9.17, 15) is 9.59 Å². The summed E-state index contributed by atoms with van der Waals surface area (Å²) < 4.78 is 1.06. The van der Waals surface area contributed by atoms with Crippen molar-refractivity contribution in [2.24, 2.45) is 0 Å². The van der Waals surface area contributed by atoms with E-state index >= 15 is 0 Å². The first kappa shape index (κ1) is 11.8. The van der Waals surface area contributed by atoms with Gasteiger partial charge in [0.05, 0.1) is 21.4 Å². The van der Waals surface area contributed by atoms with E-state index in [1.807, 2.05) is 18.2 Å². The molecule has 0 bridgehead atoms. The third kappa shape index (κ3) is 1.56. The van der Waals surface area contributed by atoms with Gasteiger partial charge in [-0.05, 0) is 43.9 Å². The minimum Gasteiger partial charge on any atom is -0.269 e. The van der Waals surface area contributed by atoms with E-state index in [2.05, 4.69) is 4.98 Å². The molecule has 5 heteroatoms. The number of carbonyl (C=O) groups is 2. The van der Waals surface area contributed by atoms with Crippen molar-refractivity contribution < 1.29 is 9.59 Å². The molecule has 4 nitrogen and oxygen atoms in total. The Morgan fingerprint density at radius 2 is 1.75 bits per heavy atom. The largest absolute Gasteiger partial charge is 0.269 e. The van der Waals surface area contributed by atoms with Gasteiger partial charge < -0.3 is 0 Å². The molecule has 4 rings (SSSR count). The molecule has 2 aromatic rings. The number of nitrogens with zero attached hydrogens (tertiary/aromatic N) is 2. The average molecular weight is 284 g/mol. The Labute approximate surface area is 119 Å². The first-order chi connectivity index (χ1) is 9.75. The van der Waals surface area contributed by atoms with Crippen LogP contribution in [0.4, 0.5) is 5.69 Å². The van der Waals surface area contributed by atoms with Crippen molar-refractivity contribution in [3.05, 3.63) is 34.9 Å². The van der Waals surface area contributed by atoms with E-state index in [1.165, 1.54) is 4.90 Å². The Morgan fingerprint density at radius 1 is 1.05 bits per heavy atom. The summed E-state index contributed by atoms with van der Waals surface area (Å²) in [7, 11) is 0. The third-order valence-electron chi connectivity index (χ3n) is 3.96. The summed E-state index contributed by atoms with van der Waals surface area (Å²) in [5, 5.41) is 0. The summed E-state index contributed by atoms with van der Waals surface area (Å²) in [4.78, 5) is 30.5. The van der Waals surface area contributed by atoms with Crippen molar-refractivity contribution in [3.63, 3.8) is 0 Å². The highest BCUT2D eigenvalue weighted by Crippen LogP contribution is 2.36. The van der Waals surface area contributed by atoms with Crippen LogP contribution in [0.15, 0.2) is 34.9 Å². The Kier molecular flexibility index (Phi) is 2.50. The first-order valence-corrected chi connectivity index (χ1v) is 7.58. The second kappa shape index (κ2) is 4.24.